The maximum absolute atomic E-state index is 5.03. The first kappa shape index (κ1) is 32.0. The van der Waals surface area contributed by atoms with Crippen LogP contribution in [-0.4, -0.2) is 19.6 Å². The number of rotatable bonds is 9. The van der Waals surface area contributed by atoms with Crippen LogP contribution >= 0.6 is 0 Å². The predicted molar refractivity (Wildman–Crippen MR) is 170 cm³/mol. The summed E-state index contributed by atoms with van der Waals surface area (Å²) in [4.78, 5) is 0. The van der Waals surface area contributed by atoms with E-state index in [1.54, 1.807) is 0 Å². The minimum atomic E-state index is 0. The molecular formula is C37H47N2Rh+. The molecule has 213 valence electrons. The van der Waals surface area contributed by atoms with Gasteiger partial charge in [-0.15, -0.1) is 12.2 Å². The molecule has 3 aromatic rings. The fraction of sp³-hybridized carbons (Fsp3) is 0.405. The average Bonchev–Trinajstić information content (AvgIpc) is 3.24. The van der Waals surface area contributed by atoms with E-state index in [1.165, 1.54) is 64.8 Å². The fourth-order valence-corrected chi connectivity index (χ4v) is 5.74. The van der Waals surface area contributed by atoms with E-state index in [2.05, 4.69) is 124 Å². The molecule has 2 aliphatic rings. The summed E-state index contributed by atoms with van der Waals surface area (Å²) in [5.74, 6) is 1.48. The van der Waals surface area contributed by atoms with E-state index in [1.807, 2.05) is 0 Å². The Hall–Kier alpha value is -2.48. The Balaban J connectivity index is 0.000000423. The third kappa shape index (κ3) is 8.51. The Labute approximate surface area is 256 Å². The zero-order chi connectivity index (χ0) is 27.5. The number of hydrogen-bond donors (Lipinski definition) is 1. The van der Waals surface area contributed by atoms with Gasteiger partial charge in [0, 0.05) is 5.92 Å². The Morgan fingerprint density at radius 3 is 1.60 bits per heavy atom. The monoisotopic (exact) mass is 622 g/mol. The molecule has 0 saturated carbocycles. The maximum atomic E-state index is 5.03. The van der Waals surface area contributed by atoms with E-state index < -0.39 is 0 Å². The van der Waals surface area contributed by atoms with Gasteiger partial charge in [0.15, 0.2) is 0 Å². The van der Waals surface area contributed by atoms with Crippen LogP contribution in [0.5, 0.6) is 0 Å². The van der Waals surface area contributed by atoms with Crippen molar-refractivity contribution in [2.24, 2.45) is 0 Å². The van der Waals surface area contributed by atoms with Gasteiger partial charge in [-0.3, -0.25) is 0 Å². The van der Waals surface area contributed by atoms with Crippen molar-refractivity contribution in [2.45, 2.75) is 77.6 Å². The molecule has 0 unspecified atom stereocenters. The molecule has 1 N–H and O–H groups in total. The quantitative estimate of drug-likeness (QED) is 0.143. The summed E-state index contributed by atoms with van der Waals surface area (Å²) in [5, 5.41) is 8.68. The summed E-state index contributed by atoms with van der Waals surface area (Å²) >= 11 is 0. The molecule has 0 spiro atoms. The molecule has 0 atom stereocenters. The maximum Gasteiger partial charge on any atom is 2.00 e. The van der Waals surface area contributed by atoms with Gasteiger partial charge >= 0.3 is 19.5 Å². The second kappa shape index (κ2) is 16.7. The van der Waals surface area contributed by atoms with Gasteiger partial charge in [0.2, 0.25) is 0 Å². The van der Waals surface area contributed by atoms with Gasteiger partial charge in [-0.25, -0.2) is 0 Å². The molecule has 0 heterocycles. The Bertz CT molecular complexity index is 1140. The van der Waals surface area contributed by atoms with Gasteiger partial charge in [0.1, 0.15) is 0 Å². The van der Waals surface area contributed by atoms with E-state index >= 15 is 0 Å². The van der Waals surface area contributed by atoms with Crippen LogP contribution in [0.2, 0.25) is 0 Å². The van der Waals surface area contributed by atoms with Crippen LogP contribution in [0, 0.1) is 0 Å². The minimum Gasteiger partial charge on any atom is -0.683 e. The van der Waals surface area contributed by atoms with Crippen LogP contribution in [0.1, 0.15) is 99.8 Å². The van der Waals surface area contributed by atoms with Crippen molar-refractivity contribution < 1.29 is 19.5 Å². The number of fused-ring (bicyclic) bond motifs is 3. The number of nitrogens with zero attached hydrogens (tertiary/aromatic N) is 1. The zero-order valence-electron chi connectivity index (χ0n) is 24.8. The van der Waals surface area contributed by atoms with Crippen molar-refractivity contribution >= 4 is 5.69 Å². The molecule has 0 amide bonds. The standard InChI is InChI=1S/C29H35N2.C8H12.Rh/c1-20(2)22-14-9-15-23(21(3)4)29(22)31-19-18-30-17-16-28-26-12-7-5-10-24(26)25-11-6-8-13-27(25)28;1-2-4-6-8-7-5-3-1;/h5-15,20-21,28,30H,16-19H2,1-4H3;1-2,7-8H,3-6H2;/q-1;;+2/b;2-1-,8-7-;. The van der Waals surface area contributed by atoms with Crippen LogP contribution in [0.4, 0.5) is 5.69 Å². The molecule has 40 heavy (non-hydrogen) atoms. The second-order valence-electron chi connectivity index (χ2n) is 11.3. The molecular weight excluding hydrogens is 575 g/mol. The molecule has 3 aromatic carbocycles. The van der Waals surface area contributed by atoms with Gasteiger partial charge in [-0.1, -0.05) is 130 Å². The normalized spacial score (nSPS) is 15.7. The Kier molecular flexibility index (Phi) is 13.4. The van der Waals surface area contributed by atoms with E-state index in [4.69, 9.17) is 5.32 Å². The first-order valence-electron chi connectivity index (χ1n) is 15.1. The van der Waals surface area contributed by atoms with E-state index in [9.17, 15) is 0 Å². The molecule has 0 bridgehead atoms. The van der Waals surface area contributed by atoms with E-state index in [0.29, 0.717) is 17.8 Å². The van der Waals surface area contributed by atoms with Crippen LogP contribution in [-0.2, 0) is 19.5 Å². The summed E-state index contributed by atoms with van der Waals surface area (Å²) < 4.78 is 0. The minimum absolute atomic E-state index is 0. The predicted octanol–water partition coefficient (Wildman–Crippen LogP) is 10.4. The largest absolute Gasteiger partial charge is 2.00 e. The van der Waals surface area contributed by atoms with Crippen LogP contribution in [0.3, 0.4) is 0 Å². The van der Waals surface area contributed by atoms with Crippen molar-refractivity contribution in [1.29, 1.82) is 0 Å². The third-order valence-electron chi connectivity index (χ3n) is 7.81. The van der Waals surface area contributed by atoms with Crippen molar-refractivity contribution in [3.05, 3.63) is 119 Å². The molecule has 1 radical (unpaired) electrons. The number of para-hydroxylation sites is 1. The molecule has 3 heteroatoms. The van der Waals surface area contributed by atoms with Gasteiger partial charge in [-0.2, -0.15) is 0 Å². The Morgan fingerprint density at radius 1 is 0.650 bits per heavy atom. The number of nitrogens with one attached hydrogen (secondary N) is 1. The molecule has 0 aromatic heterocycles. The molecule has 0 fully saturated rings. The average molecular weight is 623 g/mol. The van der Waals surface area contributed by atoms with Crippen LogP contribution in [0.25, 0.3) is 16.4 Å². The SMILES string of the molecule is C1=C\CC/C=C\CC/1.CC(C)c1cccc(C(C)C)c1[N-]CCNCCC1c2ccccc2-c2ccccc21.[Rh+2]. The van der Waals surface area contributed by atoms with E-state index in [-0.39, 0.29) is 19.5 Å². The number of hydrogen-bond acceptors (Lipinski definition) is 1. The first-order chi connectivity index (χ1) is 19.1. The molecule has 5 rings (SSSR count). The van der Waals surface area contributed by atoms with Crippen molar-refractivity contribution in [2.75, 3.05) is 19.6 Å². The molecule has 0 aliphatic heterocycles. The van der Waals surface area contributed by atoms with Crippen LogP contribution < -0.4 is 5.32 Å². The van der Waals surface area contributed by atoms with Gasteiger partial charge in [-0.05, 0) is 79.3 Å². The zero-order valence-corrected chi connectivity index (χ0v) is 26.5. The van der Waals surface area contributed by atoms with Crippen molar-refractivity contribution in [3.63, 3.8) is 0 Å². The fourth-order valence-electron chi connectivity index (χ4n) is 5.74. The summed E-state index contributed by atoms with van der Waals surface area (Å²) in [7, 11) is 0. The molecule has 2 nitrogen and oxygen atoms in total. The second-order valence-corrected chi connectivity index (χ2v) is 11.3. The van der Waals surface area contributed by atoms with Gasteiger partial charge in [0.05, 0.1) is 0 Å². The molecule has 2 aliphatic carbocycles. The van der Waals surface area contributed by atoms with Crippen molar-refractivity contribution in [3.8, 4) is 11.1 Å². The third-order valence-corrected chi connectivity index (χ3v) is 7.81. The van der Waals surface area contributed by atoms with Crippen molar-refractivity contribution in [1.82, 2.24) is 5.32 Å². The topological polar surface area (TPSA) is 26.1 Å². The number of benzene rings is 3. The van der Waals surface area contributed by atoms with Gasteiger partial charge in [0.25, 0.3) is 0 Å². The van der Waals surface area contributed by atoms with Gasteiger partial charge < -0.3 is 10.6 Å². The summed E-state index contributed by atoms with van der Waals surface area (Å²) in [6.45, 7) is 11.8. The number of allylic oxidation sites excluding steroid dienone is 4. The van der Waals surface area contributed by atoms with E-state index in [0.717, 1.165) is 26.1 Å². The molecule has 0 saturated heterocycles. The van der Waals surface area contributed by atoms with Crippen LogP contribution in [0.15, 0.2) is 91.0 Å². The summed E-state index contributed by atoms with van der Waals surface area (Å²) in [5.41, 5.74) is 9.71. The summed E-state index contributed by atoms with van der Waals surface area (Å²) in [6, 6.07) is 24.4. The Morgan fingerprint density at radius 2 is 1.12 bits per heavy atom. The summed E-state index contributed by atoms with van der Waals surface area (Å²) in [6.07, 6.45) is 15.1. The first-order valence-corrected chi connectivity index (χ1v) is 15.1. The smallest absolute Gasteiger partial charge is 0.683 e.